The van der Waals surface area contributed by atoms with Gasteiger partial charge in [0.05, 0.1) is 0 Å². The molecule has 0 spiro atoms. The fourth-order valence-electron chi connectivity index (χ4n) is 2.15. The number of hydrogen-bond donors (Lipinski definition) is 2. The van der Waals surface area contributed by atoms with Crippen molar-refractivity contribution in [1.29, 1.82) is 0 Å². The minimum atomic E-state index is 0.588. The van der Waals surface area contributed by atoms with Crippen molar-refractivity contribution in [3.63, 3.8) is 0 Å². The molecule has 1 saturated carbocycles. The molecule has 0 aromatic carbocycles. The van der Waals surface area contributed by atoms with Crippen LogP contribution in [0.1, 0.15) is 49.9 Å². The van der Waals surface area contributed by atoms with Crippen molar-refractivity contribution >= 4 is 23.4 Å². The second kappa shape index (κ2) is 7.72. The van der Waals surface area contributed by atoms with Gasteiger partial charge in [-0.05, 0) is 51.5 Å². The van der Waals surface area contributed by atoms with E-state index in [1.165, 1.54) is 31.4 Å². The van der Waals surface area contributed by atoms with Crippen LogP contribution in [-0.4, -0.2) is 35.1 Å². The predicted octanol–water partition coefficient (Wildman–Crippen LogP) is 3.65. The second-order valence-electron chi connectivity index (χ2n) is 5.34. The van der Waals surface area contributed by atoms with Gasteiger partial charge in [-0.15, -0.1) is 0 Å². The molecule has 0 amide bonds. The summed E-state index contributed by atoms with van der Waals surface area (Å²) in [5.41, 5.74) is 1.14. The van der Waals surface area contributed by atoms with Crippen LogP contribution in [0.4, 0.5) is 11.6 Å². The maximum atomic E-state index is 4.73. The Morgan fingerprint density at radius 1 is 1.15 bits per heavy atom. The van der Waals surface area contributed by atoms with Gasteiger partial charge in [-0.1, -0.05) is 0 Å². The quantitative estimate of drug-likeness (QED) is 0.681. The highest BCUT2D eigenvalue weighted by molar-refractivity contribution is 7.98. The molecule has 0 saturated heterocycles. The van der Waals surface area contributed by atoms with Crippen LogP contribution in [0, 0.1) is 6.92 Å². The van der Waals surface area contributed by atoms with E-state index in [-0.39, 0.29) is 0 Å². The Kier molecular flexibility index (Phi) is 5.95. The first-order valence-corrected chi connectivity index (χ1v) is 9.00. The van der Waals surface area contributed by atoms with E-state index in [1.54, 1.807) is 0 Å². The molecule has 2 rings (SSSR count). The monoisotopic (exact) mass is 294 g/mol. The number of aromatic nitrogens is 2. The summed E-state index contributed by atoms with van der Waals surface area (Å²) in [5, 5.41) is 6.85. The molecule has 0 unspecified atom stereocenters. The molecule has 4 nitrogen and oxygen atoms in total. The average Bonchev–Trinajstić information content (AvgIpc) is 3.27. The molecule has 0 aliphatic heterocycles. The molecule has 1 aliphatic rings. The van der Waals surface area contributed by atoms with Gasteiger partial charge in [0.1, 0.15) is 17.5 Å². The highest BCUT2D eigenvalue weighted by Gasteiger charge is 2.28. The Bertz CT molecular complexity index is 432. The average molecular weight is 294 g/mol. The first-order valence-electron chi connectivity index (χ1n) is 7.61. The fraction of sp³-hybridized carbons (Fsp3) is 0.733. The Morgan fingerprint density at radius 3 is 2.45 bits per heavy atom. The summed E-state index contributed by atoms with van der Waals surface area (Å²) < 4.78 is 0. The lowest BCUT2D eigenvalue weighted by Gasteiger charge is -2.14. The summed E-state index contributed by atoms with van der Waals surface area (Å²) >= 11 is 1.91. The van der Waals surface area contributed by atoms with Gasteiger partial charge < -0.3 is 10.6 Å². The Balaban J connectivity index is 2.01. The van der Waals surface area contributed by atoms with E-state index in [1.807, 2.05) is 11.8 Å². The van der Waals surface area contributed by atoms with Crippen molar-refractivity contribution in [3.05, 3.63) is 11.4 Å². The van der Waals surface area contributed by atoms with E-state index in [2.05, 4.69) is 35.7 Å². The van der Waals surface area contributed by atoms with E-state index in [4.69, 9.17) is 4.98 Å². The molecule has 1 aliphatic carbocycles. The number of rotatable bonds is 9. The van der Waals surface area contributed by atoms with Crippen molar-refractivity contribution < 1.29 is 0 Å². The predicted molar refractivity (Wildman–Crippen MR) is 89.0 cm³/mol. The first kappa shape index (κ1) is 15.4. The number of hydrogen-bond acceptors (Lipinski definition) is 5. The lowest BCUT2D eigenvalue weighted by molar-refractivity contribution is 0.831. The van der Waals surface area contributed by atoms with E-state index >= 15 is 0 Å². The van der Waals surface area contributed by atoms with Crippen molar-refractivity contribution in [3.8, 4) is 0 Å². The van der Waals surface area contributed by atoms with Gasteiger partial charge in [0, 0.05) is 24.6 Å². The fourth-order valence-corrected chi connectivity index (χ4v) is 2.64. The molecule has 5 heteroatoms. The third-order valence-corrected chi connectivity index (χ3v) is 4.21. The van der Waals surface area contributed by atoms with E-state index < -0.39 is 0 Å². The normalized spacial score (nSPS) is 14.3. The number of thioether (sulfide) groups is 1. The topological polar surface area (TPSA) is 49.8 Å². The number of unbranched alkanes of at least 4 members (excludes halogenated alkanes) is 1. The molecule has 0 bridgehead atoms. The summed E-state index contributed by atoms with van der Waals surface area (Å²) in [6.45, 7) is 6.09. The molecule has 20 heavy (non-hydrogen) atoms. The van der Waals surface area contributed by atoms with Crippen molar-refractivity contribution in [2.75, 3.05) is 35.7 Å². The molecule has 112 valence electrons. The lowest BCUT2D eigenvalue weighted by atomic mass is 10.2. The summed E-state index contributed by atoms with van der Waals surface area (Å²) in [5.74, 6) is 4.85. The van der Waals surface area contributed by atoms with Crippen LogP contribution >= 0.6 is 11.8 Å². The molecule has 1 aromatic rings. The molecule has 1 aromatic heterocycles. The summed E-state index contributed by atoms with van der Waals surface area (Å²) in [6.07, 6.45) is 7.09. The zero-order chi connectivity index (χ0) is 14.4. The van der Waals surface area contributed by atoms with Crippen LogP contribution in [0.5, 0.6) is 0 Å². The van der Waals surface area contributed by atoms with Crippen LogP contribution in [-0.2, 0) is 0 Å². The molecular formula is C15H26N4S. The Hall–Kier alpha value is -0.970. The Morgan fingerprint density at radius 2 is 1.85 bits per heavy atom. The third kappa shape index (κ3) is 4.27. The molecule has 0 atom stereocenters. The van der Waals surface area contributed by atoms with Crippen molar-refractivity contribution in [2.24, 2.45) is 0 Å². The first-order chi connectivity index (χ1) is 9.76. The number of nitrogens with zero attached hydrogens (tertiary/aromatic N) is 2. The van der Waals surface area contributed by atoms with Gasteiger partial charge in [-0.3, -0.25) is 0 Å². The van der Waals surface area contributed by atoms with Gasteiger partial charge in [0.25, 0.3) is 0 Å². The largest absolute Gasteiger partial charge is 0.370 e. The molecule has 0 radical (unpaired) electrons. The maximum Gasteiger partial charge on any atom is 0.136 e. The maximum absolute atomic E-state index is 4.73. The molecular weight excluding hydrogens is 268 g/mol. The lowest BCUT2D eigenvalue weighted by Crippen LogP contribution is -2.11. The third-order valence-electron chi connectivity index (χ3n) is 3.52. The van der Waals surface area contributed by atoms with Gasteiger partial charge in [-0.25, -0.2) is 9.97 Å². The van der Waals surface area contributed by atoms with Crippen LogP contribution in [0.25, 0.3) is 0 Å². The van der Waals surface area contributed by atoms with Crippen molar-refractivity contribution in [2.45, 2.75) is 45.4 Å². The molecule has 1 heterocycles. The standard InChI is InChI=1S/C15H26N4S/c1-4-16-13-11(2)14(17-9-5-6-10-20-3)19-15(18-13)12-7-8-12/h12H,4-10H2,1-3H3,(H2,16,17,18,19). The van der Waals surface area contributed by atoms with E-state index in [9.17, 15) is 0 Å². The van der Waals surface area contributed by atoms with E-state index in [0.717, 1.165) is 36.1 Å². The van der Waals surface area contributed by atoms with Gasteiger partial charge in [0.2, 0.25) is 0 Å². The highest BCUT2D eigenvalue weighted by atomic mass is 32.2. The van der Waals surface area contributed by atoms with E-state index in [0.29, 0.717) is 5.92 Å². The number of anilines is 2. The zero-order valence-corrected chi connectivity index (χ0v) is 13.6. The summed E-state index contributed by atoms with van der Waals surface area (Å²) in [7, 11) is 0. The van der Waals surface area contributed by atoms with Gasteiger partial charge in [-0.2, -0.15) is 11.8 Å². The van der Waals surface area contributed by atoms with Crippen LogP contribution in [0.15, 0.2) is 0 Å². The van der Waals surface area contributed by atoms with Crippen molar-refractivity contribution in [1.82, 2.24) is 9.97 Å². The zero-order valence-electron chi connectivity index (χ0n) is 12.8. The van der Waals surface area contributed by atoms with Crippen LogP contribution in [0.3, 0.4) is 0 Å². The summed E-state index contributed by atoms with van der Waals surface area (Å²) in [6, 6.07) is 0. The van der Waals surface area contributed by atoms with Crippen LogP contribution < -0.4 is 10.6 Å². The SMILES string of the molecule is CCNc1nc(C2CC2)nc(NCCCCSC)c1C. The second-order valence-corrected chi connectivity index (χ2v) is 6.32. The smallest absolute Gasteiger partial charge is 0.136 e. The number of nitrogens with one attached hydrogen (secondary N) is 2. The van der Waals surface area contributed by atoms with Crippen LogP contribution in [0.2, 0.25) is 0 Å². The molecule has 1 fully saturated rings. The summed E-state index contributed by atoms with van der Waals surface area (Å²) in [4.78, 5) is 9.40. The molecule has 2 N–H and O–H groups in total. The highest BCUT2D eigenvalue weighted by Crippen LogP contribution is 2.39. The minimum absolute atomic E-state index is 0.588. The van der Waals surface area contributed by atoms with Gasteiger partial charge in [0.15, 0.2) is 0 Å². The van der Waals surface area contributed by atoms with Gasteiger partial charge >= 0.3 is 0 Å². The Labute approximate surface area is 126 Å². The minimum Gasteiger partial charge on any atom is -0.370 e.